The molecule has 0 aliphatic heterocycles. The normalized spacial score (nSPS) is 19.2. The van der Waals surface area contributed by atoms with Crippen LogP contribution >= 0.6 is 0 Å². The number of phenolic OH excluding ortho intramolecular Hbond substituents is 1. The highest BCUT2D eigenvalue weighted by Crippen LogP contribution is 2.34. The molecule has 1 aromatic rings. The summed E-state index contributed by atoms with van der Waals surface area (Å²) in [7, 11) is 0. The van der Waals surface area contributed by atoms with E-state index >= 15 is 0 Å². The number of hydrogen-bond donors (Lipinski definition) is 5. The van der Waals surface area contributed by atoms with Gasteiger partial charge in [0.15, 0.2) is 0 Å². The molecule has 0 spiro atoms. The Morgan fingerprint density at radius 1 is 1.32 bits per heavy atom. The van der Waals surface area contributed by atoms with Gasteiger partial charge in [-0.3, -0.25) is 10.3 Å². The number of aromatic hydroxyl groups is 1. The number of hydrogen-bond acceptors (Lipinski definition) is 7. The summed E-state index contributed by atoms with van der Waals surface area (Å²) in [6.07, 6.45) is 8.79. The standard InChI is InChI=1S/C24H33N3O4/c1-5-25-12-7-13-26-22(29)18-10-11-19(16-27-23(30)31-24(2,3)4)21(15-18)17-8-6-9-20(28)14-17/h5-14,18,22-23,26-30H,1,15-16H2,2-4H3/b13-7+,25-12-. The maximum absolute atomic E-state index is 10.6. The van der Waals surface area contributed by atoms with E-state index in [0.717, 1.165) is 16.7 Å². The zero-order chi connectivity index (χ0) is 22.9. The molecule has 3 atom stereocenters. The molecule has 168 valence electrons. The number of rotatable bonds is 10. The van der Waals surface area contributed by atoms with Gasteiger partial charge in [0, 0.05) is 31.1 Å². The monoisotopic (exact) mass is 427 g/mol. The first-order valence-electron chi connectivity index (χ1n) is 10.2. The molecule has 0 bridgehead atoms. The number of ether oxygens (including phenoxy) is 1. The van der Waals surface area contributed by atoms with Crippen LogP contribution in [0, 0.1) is 5.92 Å². The van der Waals surface area contributed by atoms with Gasteiger partial charge in [0.2, 0.25) is 6.41 Å². The van der Waals surface area contributed by atoms with Gasteiger partial charge in [-0.25, -0.2) is 0 Å². The summed E-state index contributed by atoms with van der Waals surface area (Å²) >= 11 is 0. The van der Waals surface area contributed by atoms with E-state index in [1.165, 1.54) is 6.20 Å². The van der Waals surface area contributed by atoms with Crippen molar-refractivity contribution >= 4 is 11.8 Å². The van der Waals surface area contributed by atoms with Crippen LogP contribution in [0.25, 0.3) is 5.57 Å². The van der Waals surface area contributed by atoms with Gasteiger partial charge in [-0.15, -0.1) is 0 Å². The quantitative estimate of drug-likeness (QED) is 0.290. The number of nitrogens with one attached hydrogen (secondary N) is 2. The lowest BCUT2D eigenvalue weighted by atomic mass is 9.84. The van der Waals surface area contributed by atoms with Crippen molar-refractivity contribution in [1.82, 2.24) is 10.6 Å². The van der Waals surface area contributed by atoms with Crippen LogP contribution in [-0.2, 0) is 4.74 Å². The number of aliphatic hydroxyl groups excluding tert-OH is 2. The van der Waals surface area contributed by atoms with E-state index < -0.39 is 18.2 Å². The Labute approximate surface area is 184 Å². The van der Waals surface area contributed by atoms with Crippen LogP contribution in [0.3, 0.4) is 0 Å². The molecule has 1 aliphatic carbocycles. The smallest absolute Gasteiger partial charge is 0.214 e. The first-order chi connectivity index (χ1) is 14.7. The number of benzene rings is 1. The zero-order valence-electron chi connectivity index (χ0n) is 18.3. The van der Waals surface area contributed by atoms with Crippen molar-refractivity contribution in [3.05, 3.63) is 72.6 Å². The highest BCUT2D eigenvalue weighted by Gasteiger charge is 2.24. The lowest BCUT2D eigenvalue weighted by Crippen LogP contribution is -2.39. The molecule has 7 heteroatoms. The Kier molecular flexibility index (Phi) is 9.21. The van der Waals surface area contributed by atoms with E-state index in [9.17, 15) is 15.3 Å². The molecular weight excluding hydrogens is 394 g/mol. The van der Waals surface area contributed by atoms with E-state index in [-0.39, 0.29) is 11.7 Å². The molecule has 0 heterocycles. The molecule has 0 amide bonds. The number of nitrogens with zero attached hydrogens (tertiary/aromatic N) is 1. The molecule has 0 fully saturated rings. The summed E-state index contributed by atoms with van der Waals surface area (Å²) in [5.74, 6) is -0.0135. The Morgan fingerprint density at radius 2 is 2.10 bits per heavy atom. The van der Waals surface area contributed by atoms with Crippen LogP contribution in [0.2, 0.25) is 0 Å². The lowest BCUT2D eigenvalue weighted by Gasteiger charge is -2.28. The minimum absolute atomic E-state index is 0.169. The van der Waals surface area contributed by atoms with Gasteiger partial charge in [-0.05, 0) is 62.1 Å². The van der Waals surface area contributed by atoms with Gasteiger partial charge >= 0.3 is 0 Å². The third-order valence-electron chi connectivity index (χ3n) is 4.55. The third kappa shape index (κ3) is 8.51. The molecule has 31 heavy (non-hydrogen) atoms. The molecule has 3 unspecified atom stereocenters. The number of phenols is 1. The molecule has 1 aliphatic rings. The average molecular weight is 428 g/mol. The maximum atomic E-state index is 10.6. The van der Waals surface area contributed by atoms with Crippen molar-refractivity contribution in [3.63, 3.8) is 0 Å². The van der Waals surface area contributed by atoms with Gasteiger partial charge < -0.3 is 25.4 Å². The Hall–Kier alpha value is -2.71. The van der Waals surface area contributed by atoms with E-state index in [1.807, 2.05) is 39.0 Å². The zero-order valence-corrected chi connectivity index (χ0v) is 18.3. The second kappa shape index (κ2) is 11.6. The highest BCUT2D eigenvalue weighted by atomic mass is 16.6. The third-order valence-corrected chi connectivity index (χ3v) is 4.55. The largest absolute Gasteiger partial charge is 0.508 e. The molecule has 7 nitrogen and oxygen atoms in total. The van der Waals surface area contributed by atoms with Gasteiger partial charge in [-0.1, -0.05) is 30.9 Å². The minimum atomic E-state index is -1.11. The molecule has 0 aromatic heterocycles. The van der Waals surface area contributed by atoms with Crippen molar-refractivity contribution in [2.45, 2.75) is 45.4 Å². The Balaban J connectivity index is 2.15. The fraction of sp³-hybridized carbons (Fsp3) is 0.375. The predicted molar refractivity (Wildman–Crippen MR) is 124 cm³/mol. The van der Waals surface area contributed by atoms with Crippen LogP contribution in [0.4, 0.5) is 0 Å². The van der Waals surface area contributed by atoms with Crippen molar-refractivity contribution in [1.29, 1.82) is 0 Å². The molecule has 2 rings (SSSR count). The van der Waals surface area contributed by atoms with E-state index in [0.29, 0.717) is 13.0 Å². The van der Waals surface area contributed by atoms with Gasteiger partial charge in [-0.2, -0.15) is 0 Å². The highest BCUT2D eigenvalue weighted by molar-refractivity contribution is 5.74. The Bertz CT molecular complexity index is 853. The summed E-state index contributed by atoms with van der Waals surface area (Å²) in [5.41, 5.74) is 2.29. The summed E-state index contributed by atoms with van der Waals surface area (Å²) in [6, 6.07) is 7.01. The van der Waals surface area contributed by atoms with Gasteiger partial charge in [0.25, 0.3) is 0 Å². The summed E-state index contributed by atoms with van der Waals surface area (Å²) in [6.45, 7) is 9.47. The van der Waals surface area contributed by atoms with Gasteiger partial charge in [0.05, 0.1) is 5.60 Å². The van der Waals surface area contributed by atoms with E-state index in [4.69, 9.17) is 4.74 Å². The molecule has 0 radical (unpaired) electrons. The van der Waals surface area contributed by atoms with Crippen LogP contribution in [0.1, 0.15) is 32.8 Å². The van der Waals surface area contributed by atoms with Crippen LogP contribution in [0.15, 0.2) is 72.0 Å². The minimum Gasteiger partial charge on any atom is -0.508 e. The van der Waals surface area contributed by atoms with Crippen LogP contribution in [0.5, 0.6) is 5.75 Å². The van der Waals surface area contributed by atoms with Crippen molar-refractivity contribution in [2.24, 2.45) is 10.9 Å². The van der Waals surface area contributed by atoms with Crippen molar-refractivity contribution in [2.75, 3.05) is 6.54 Å². The molecular formula is C24H33N3O4. The van der Waals surface area contributed by atoms with Crippen LogP contribution in [-0.4, -0.2) is 46.3 Å². The molecule has 5 N–H and O–H groups in total. The summed E-state index contributed by atoms with van der Waals surface area (Å²) < 4.78 is 5.50. The second-order valence-corrected chi connectivity index (χ2v) is 8.20. The maximum Gasteiger partial charge on any atom is 0.214 e. The fourth-order valence-corrected chi connectivity index (χ4v) is 3.16. The summed E-state index contributed by atoms with van der Waals surface area (Å²) in [4.78, 5) is 3.86. The van der Waals surface area contributed by atoms with Gasteiger partial charge in [0.1, 0.15) is 12.0 Å². The first kappa shape index (κ1) is 24.6. The SMILES string of the molecule is C=C/N=C\C=C\NC(O)C1C=CC(CNC(O)OC(C)(C)C)=C(c2cccc(O)c2)C1. The summed E-state index contributed by atoms with van der Waals surface area (Å²) in [5, 5.41) is 36.5. The van der Waals surface area contributed by atoms with Crippen molar-refractivity contribution in [3.8, 4) is 5.75 Å². The fourth-order valence-electron chi connectivity index (χ4n) is 3.16. The molecule has 1 aromatic carbocycles. The number of aliphatic hydroxyl groups is 2. The first-order valence-corrected chi connectivity index (χ1v) is 10.2. The Morgan fingerprint density at radius 3 is 2.77 bits per heavy atom. The van der Waals surface area contributed by atoms with Crippen molar-refractivity contribution < 1.29 is 20.1 Å². The topological polar surface area (TPSA) is 106 Å². The number of aliphatic imine (C=N–C) groups is 1. The lowest BCUT2D eigenvalue weighted by molar-refractivity contribution is -0.180. The average Bonchev–Trinajstić information content (AvgIpc) is 2.70. The van der Waals surface area contributed by atoms with E-state index in [2.05, 4.69) is 22.2 Å². The predicted octanol–water partition coefficient (Wildman–Crippen LogP) is 3.04. The second-order valence-electron chi connectivity index (χ2n) is 8.20. The molecule has 0 saturated carbocycles. The molecule has 0 saturated heterocycles. The van der Waals surface area contributed by atoms with Crippen LogP contribution < -0.4 is 10.6 Å². The van der Waals surface area contributed by atoms with E-state index in [1.54, 1.807) is 36.7 Å². The number of allylic oxidation sites excluding steroid dienone is 2.